The van der Waals surface area contributed by atoms with Crippen molar-refractivity contribution in [3.05, 3.63) is 35.6 Å². The van der Waals surface area contributed by atoms with Crippen LogP contribution in [0.4, 0.5) is 4.39 Å². The predicted octanol–water partition coefficient (Wildman–Crippen LogP) is 3.13. The monoisotopic (exact) mass is 446 g/mol. The van der Waals surface area contributed by atoms with Crippen LogP contribution in [0.3, 0.4) is 0 Å². The van der Waals surface area contributed by atoms with E-state index in [0.29, 0.717) is 50.9 Å². The van der Waals surface area contributed by atoms with Crippen molar-refractivity contribution in [2.75, 3.05) is 26.3 Å². The van der Waals surface area contributed by atoms with Gasteiger partial charge < -0.3 is 14.4 Å². The molecular weight excluding hydrogens is 415 g/mol. The maximum Gasteiger partial charge on any atom is 0.310 e. The van der Waals surface area contributed by atoms with Gasteiger partial charge in [-0.2, -0.15) is 0 Å². The van der Waals surface area contributed by atoms with E-state index in [1.807, 2.05) is 0 Å². The predicted molar refractivity (Wildman–Crippen MR) is 114 cm³/mol. The van der Waals surface area contributed by atoms with E-state index in [9.17, 15) is 18.8 Å². The summed E-state index contributed by atoms with van der Waals surface area (Å²) in [5.41, 5.74) is -0.469. The number of carbonyl (C=O) groups excluding carboxylic acids is 3. The third-order valence-electron chi connectivity index (χ3n) is 6.84. The standard InChI is InChI=1S/C24H31FN2O5/c1-2-31-23(30)18-7-6-14-26(15-18)22(29)20-16-32-24(12-4-3-5-13-24)27(20)21(28)17-8-10-19(25)11-9-17/h8-11,18,20H,2-7,12-16H2,1H3/t18-,20+/m0/s1. The highest BCUT2D eigenvalue weighted by molar-refractivity contribution is 5.98. The first kappa shape index (κ1) is 22.7. The summed E-state index contributed by atoms with van der Waals surface area (Å²) in [5, 5.41) is 0. The molecule has 0 aromatic heterocycles. The molecule has 3 aliphatic rings. The summed E-state index contributed by atoms with van der Waals surface area (Å²) in [5.74, 6) is -1.56. The molecule has 0 unspecified atom stereocenters. The van der Waals surface area contributed by atoms with E-state index in [-0.39, 0.29) is 30.3 Å². The summed E-state index contributed by atoms with van der Waals surface area (Å²) in [4.78, 5) is 42.7. The Balaban J connectivity index is 1.58. The Morgan fingerprint density at radius 3 is 2.53 bits per heavy atom. The molecule has 1 aromatic carbocycles. The average molecular weight is 447 g/mol. The van der Waals surface area contributed by atoms with Crippen molar-refractivity contribution in [3.63, 3.8) is 0 Å². The highest BCUT2D eigenvalue weighted by Gasteiger charge is 2.54. The molecule has 1 aliphatic carbocycles. The number of ether oxygens (including phenoxy) is 2. The van der Waals surface area contributed by atoms with Crippen LogP contribution in [0.15, 0.2) is 24.3 Å². The number of hydrogen-bond acceptors (Lipinski definition) is 5. The second kappa shape index (κ2) is 9.57. The lowest BCUT2D eigenvalue weighted by Crippen LogP contribution is -2.58. The zero-order chi connectivity index (χ0) is 22.7. The molecule has 1 aromatic rings. The second-order valence-electron chi connectivity index (χ2n) is 8.89. The highest BCUT2D eigenvalue weighted by Crippen LogP contribution is 2.42. The van der Waals surface area contributed by atoms with Crippen molar-refractivity contribution in [1.82, 2.24) is 9.80 Å². The maximum atomic E-state index is 13.6. The van der Waals surface area contributed by atoms with Gasteiger partial charge in [0.15, 0.2) is 0 Å². The summed E-state index contributed by atoms with van der Waals surface area (Å²) in [7, 11) is 0. The fourth-order valence-corrected chi connectivity index (χ4v) is 5.23. The molecule has 2 atom stereocenters. The SMILES string of the molecule is CCOC(=O)[C@H]1CCCN(C(=O)[C@H]2COC3(CCCCC3)N2C(=O)c2ccc(F)cc2)C1. The Hall–Kier alpha value is -2.48. The molecule has 4 rings (SSSR count). The molecule has 7 nitrogen and oxygen atoms in total. The van der Waals surface area contributed by atoms with Gasteiger partial charge in [0.1, 0.15) is 17.6 Å². The van der Waals surface area contributed by atoms with Crippen LogP contribution in [-0.4, -0.2) is 65.7 Å². The molecule has 0 radical (unpaired) electrons. The molecule has 0 N–H and O–H groups in total. The average Bonchev–Trinajstić information content (AvgIpc) is 3.17. The number of rotatable bonds is 4. The van der Waals surface area contributed by atoms with Crippen molar-refractivity contribution in [3.8, 4) is 0 Å². The molecule has 0 bridgehead atoms. The fraction of sp³-hybridized carbons (Fsp3) is 0.625. The van der Waals surface area contributed by atoms with Crippen molar-refractivity contribution in [2.24, 2.45) is 5.92 Å². The number of carbonyl (C=O) groups is 3. The lowest BCUT2D eigenvalue weighted by Gasteiger charge is -2.42. The summed E-state index contributed by atoms with van der Waals surface area (Å²) < 4.78 is 24.8. The molecule has 3 fully saturated rings. The van der Waals surface area contributed by atoms with E-state index in [1.165, 1.54) is 24.3 Å². The molecule has 1 spiro atoms. The third-order valence-corrected chi connectivity index (χ3v) is 6.84. The normalized spacial score (nSPS) is 25.1. The Morgan fingerprint density at radius 2 is 1.84 bits per heavy atom. The van der Waals surface area contributed by atoms with Gasteiger partial charge in [0, 0.05) is 18.7 Å². The number of nitrogens with zero attached hydrogens (tertiary/aromatic N) is 2. The van der Waals surface area contributed by atoms with E-state index in [4.69, 9.17) is 9.47 Å². The summed E-state index contributed by atoms with van der Waals surface area (Å²) in [6, 6.07) is 4.65. The summed E-state index contributed by atoms with van der Waals surface area (Å²) in [6.45, 7) is 3.03. The first-order valence-electron chi connectivity index (χ1n) is 11.6. The van der Waals surface area contributed by atoms with Crippen LogP contribution in [-0.2, 0) is 19.1 Å². The Labute approximate surface area is 187 Å². The first-order valence-corrected chi connectivity index (χ1v) is 11.6. The van der Waals surface area contributed by atoms with E-state index in [1.54, 1.807) is 16.7 Å². The molecular formula is C24H31FN2O5. The summed E-state index contributed by atoms with van der Waals surface area (Å²) >= 11 is 0. The molecule has 32 heavy (non-hydrogen) atoms. The van der Waals surface area contributed by atoms with Crippen LogP contribution in [0.2, 0.25) is 0 Å². The summed E-state index contributed by atoms with van der Waals surface area (Å²) in [6.07, 6.45) is 5.65. The Bertz CT molecular complexity index is 852. The van der Waals surface area contributed by atoms with E-state index in [0.717, 1.165) is 19.3 Å². The van der Waals surface area contributed by atoms with Gasteiger partial charge in [-0.25, -0.2) is 4.39 Å². The van der Waals surface area contributed by atoms with Crippen molar-refractivity contribution in [1.29, 1.82) is 0 Å². The molecule has 2 amide bonds. The molecule has 1 saturated carbocycles. The van der Waals surface area contributed by atoms with Gasteiger partial charge in [0.2, 0.25) is 5.91 Å². The van der Waals surface area contributed by atoms with Gasteiger partial charge in [0.25, 0.3) is 5.91 Å². The van der Waals surface area contributed by atoms with E-state index >= 15 is 0 Å². The van der Waals surface area contributed by atoms with Gasteiger partial charge in [-0.1, -0.05) is 6.42 Å². The third kappa shape index (κ3) is 4.37. The quantitative estimate of drug-likeness (QED) is 0.665. The number of esters is 1. The van der Waals surface area contributed by atoms with Gasteiger partial charge in [-0.05, 0) is 69.7 Å². The minimum Gasteiger partial charge on any atom is -0.466 e. The first-order chi connectivity index (χ1) is 15.4. The Morgan fingerprint density at radius 1 is 1.12 bits per heavy atom. The molecule has 2 aliphatic heterocycles. The van der Waals surface area contributed by atoms with Crippen molar-refractivity contribution in [2.45, 2.75) is 63.6 Å². The highest BCUT2D eigenvalue weighted by atomic mass is 19.1. The minimum absolute atomic E-state index is 0.131. The van der Waals surface area contributed by atoms with Gasteiger partial charge in [0.05, 0.1) is 19.1 Å². The van der Waals surface area contributed by atoms with Crippen LogP contribution in [0.25, 0.3) is 0 Å². The van der Waals surface area contributed by atoms with Gasteiger partial charge in [-0.15, -0.1) is 0 Å². The van der Waals surface area contributed by atoms with Crippen LogP contribution in [0.1, 0.15) is 62.2 Å². The number of piperidine rings is 1. The van der Waals surface area contributed by atoms with Crippen molar-refractivity contribution >= 4 is 17.8 Å². The van der Waals surface area contributed by atoms with E-state index in [2.05, 4.69) is 0 Å². The van der Waals surface area contributed by atoms with Crippen LogP contribution in [0.5, 0.6) is 0 Å². The second-order valence-corrected chi connectivity index (χ2v) is 8.89. The number of hydrogen-bond donors (Lipinski definition) is 0. The lowest BCUT2D eigenvalue weighted by molar-refractivity contribution is -0.152. The molecule has 8 heteroatoms. The fourth-order valence-electron chi connectivity index (χ4n) is 5.23. The zero-order valence-corrected chi connectivity index (χ0v) is 18.6. The van der Waals surface area contributed by atoms with Crippen molar-refractivity contribution < 1.29 is 28.2 Å². The molecule has 2 heterocycles. The largest absolute Gasteiger partial charge is 0.466 e. The Kier molecular flexibility index (Phi) is 6.79. The maximum absolute atomic E-state index is 13.6. The van der Waals surface area contributed by atoms with Crippen LogP contribution in [0, 0.1) is 11.7 Å². The topological polar surface area (TPSA) is 76.2 Å². The number of likely N-dealkylation sites (tertiary alicyclic amines) is 1. The minimum atomic E-state index is -0.805. The molecule has 174 valence electrons. The molecule has 2 saturated heterocycles. The number of benzene rings is 1. The van der Waals surface area contributed by atoms with Gasteiger partial charge >= 0.3 is 5.97 Å². The number of halogens is 1. The van der Waals surface area contributed by atoms with E-state index < -0.39 is 17.6 Å². The lowest BCUT2D eigenvalue weighted by atomic mass is 9.89. The van der Waals surface area contributed by atoms with Gasteiger partial charge in [-0.3, -0.25) is 19.3 Å². The smallest absolute Gasteiger partial charge is 0.310 e. The zero-order valence-electron chi connectivity index (χ0n) is 18.6. The number of amides is 2. The van der Waals surface area contributed by atoms with Crippen LogP contribution < -0.4 is 0 Å². The van der Waals surface area contributed by atoms with Crippen LogP contribution >= 0.6 is 0 Å².